The van der Waals surface area contributed by atoms with Crippen molar-refractivity contribution in [2.45, 2.75) is 24.9 Å². The highest BCUT2D eigenvalue weighted by molar-refractivity contribution is 7.99. The molecule has 102 valence electrons. The molecule has 1 heterocycles. The monoisotopic (exact) mass is 290 g/mol. The second-order valence-electron chi connectivity index (χ2n) is 3.68. The summed E-state index contributed by atoms with van der Waals surface area (Å²) in [5, 5.41) is -0.0825. The Labute approximate surface area is 112 Å². The van der Waals surface area contributed by atoms with Gasteiger partial charge in [0.05, 0.1) is 5.69 Å². The highest BCUT2D eigenvalue weighted by atomic mass is 32.2. The van der Waals surface area contributed by atoms with Crippen molar-refractivity contribution >= 4 is 27.5 Å². The van der Waals surface area contributed by atoms with Crippen molar-refractivity contribution in [2.75, 3.05) is 16.9 Å². The zero-order chi connectivity index (χ0) is 13.6. The van der Waals surface area contributed by atoms with Crippen LogP contribution in [0, 0.1) is 0 Å². The van der Waals surface area contributed by atoms with Gasteiger partial charge in [-0.1, -0.05) is 6.92 Å². The topological polar surface area (TPSA) is 97.1 Å². The predicted molar refractivity (Wildman–Crippen MR) is 74.8 cm³/mol. The molecule has 0 aliphatic heterocycles. The summed E-state index contributed by atoms with van der Waals surface area (Å²) in [6.45, 7) is 3.85. The lowest BCUT2D eigenvalue weighted by Crippen LogP contribution is -2.35. The summed E-state index contributed by atoms with van der Waals surface area (Å²) in [5.74, 6) is 6.94. The average molecular weight is 290 g/mol. The molecule has 1 aromatic rings. The average Bonchev–Trinajstić information content (AvgIpc) is 2.35. The molecular formula is C10H18N4O2S2. The van der Waals surface area contributed by atoms with Gasteiger partial charge in [0.25, 0.3) is 10.0 Å². The third-order valence-electron chi connectivity index (χ3n) is 2.11. The van der Waals surface area contributed by atoms with Gasteiger partial charge in [-0.3, -0.25) is 5.84 Å². The first-order valence-corrected chi connectivity index (χ1v) is 8.16. The van der Waals surface area contributed by atoms with Gasteiger partial charge in [-0.15, -0.1) is 0 Å². The molecule has 1 rings (SSSR count). The molecule has 0 aliphatic carbocycles. The van der Waals surface area contributed by atoms with Crippen molar-refractivity contribution in [3.8, 4) is 0 Å². The zero-order valence-electron chi connectivity index (χ0n) is 10.4. The summed E-state index contributed by atoms with van der Waals surface area (Å²) in [6, 6.07) is 3.02. The number of thioether (sulfide) groups is 1. The maximum atomic E-state index is 12.1. The molecule has 0 spiro atoms. The van der Waals surface area contributed by atoms with Crippen molar-refractivity contribution < 1.29 is 8.42 Å². The Kier molecular flexibility index (Phi) is 5.86. The van der Waals surface area contributed by atoms with Crippen molar-refractivity contribution in [3.05, 3.63) is 18.3 Å². The van der Waals surface area contributed by atoms with Gasteiger partial charge in [0.2, 0.25) is 0 Å². The second-order valence-corrected chi connectivity index (χ2v) is 6.63. The van der Waals surface area contributed by atoms with E-state index >= 15 is 0 Å². The number of hydrazine groups is 1. The number of nitrogens with zero attached hydrogens (tertiary/aromatic N) is 1. The molecule has 18 heavy (non-hydrogen) atoms. The molecule has 0 aliphatic rings. The Morgan fingerprint density at radius 2 is 2.28 bits per heavy atom. The zero-order valence-corrected chi connectivity index (χ0v) is 12.0. The van der Waals surface area contributed by atoms with Crippen molar-refractivity contribution in [2.24, 2.45) is 5.84 Å². The van der Waals surface area contributed by atoms with Gasteiger partial charge in [0.15, 0.2) is 5.03 Å². The van der Waals surface area contributed by atoms with Crippen LogP contribution in [0.2, 0.25) is 0 Å². The predicted octanol–water partition coefficient (Wildman–Crippen LogP) is 0.787. The van der Waals surface area contributed by atoms with Crippen LogP contribution in [0.1, 0.15) is 13.8 Å². The molecule has 4 N–H and O–H groups in total. The molecule has 1 atom stereocenters. The lowest BCUT2D eigenvalue weighted by molar-refractivity contribution is 0.567. The molecule has 1 unspecified atom stereocenters. The Morgan fingerprint density at radius 3 is 2.89 bits per heavy atom. The number of aromatic nitrogens is 1. The Hall–Kier alpha value is -0.830. The van der Waals surface area contributed by atoms with E-state index in [0.717, 1.165) is 5.75 Å². The molecule has 1 aromatic heterocycles. The lowest BCUT2D eigenvalue weighted by Gasteiger charge is -2.14. The van der Waals surface area contributed by atoms with Gasteiger partial charge in [-0.2, -0.15) is 11.8 Å². The smallest absolute Gasteiger partial charge is 0.260 e. The highest BCUT2D eigenvalue weighted by Gasteiger charge is 2.21. The summed E-state index contributed by atoms with van der Waals surface area (Å²) in [7, 11) is -3.65. The fraction of sp³-hybridized carbons (Fsp3) is 0.500. The number of pyridine rings is 1. The van der Waals surface area contributed by atoms with Crippen LogP contribution < -0.4 is 16.0 Å². The molecule has 0 amide bonds. The third-order valence-corrected chi connectivity index (χ3v) is 4.80. The van der Waals surface area contributed by atoms with E-state index in [2.05, 4.69) is 15.1 Å². The molecule has 0 bridgehead atoms. The van der Waals surface area contributed by atoms with E-state index in [1.807, 2.05) is 13.8 Å². The minimum atomic E-state index is -3.65. The number of hydrogen-bond donors (Lipinski definition) is 3. The molecular weight excluding hydrogens is 272 g/mol. The second kappa shape index (κ2) is 6.93. The van der Waals surface area contributed by atoms with Gasteiger partial charge < -0.3 is 5.43 Å². The molecule has 0 saturated heterocycles. The van der Waals surface area contributed by atoms with E-state index in [0.29, 0.717) is 5.75 Å². The van der Waals surface area contributed by atoms with Crippen molar-refractivity contribution in [3.63, 3.8) is 0 Å². The molecule has 6 nitrogen and oxygen atoms in total. The quantitative estimate of drug-likeness (QED) is 0.507. The van der Waals surface area contributed by atoms with Crippen LogP contribution in [-0.2, 0) is 10.0 Å². The van der Waals surface area contributed by atoms with Crippen LogP contribution in [0.4, 0.5) is 5.69 Å². The summed E-state index contributed by atoms with van der Waals surface area (Å²) in [6.07, 6.45) is 1.42. The Bertz CT molecular complexity index is 479. The number of rotatable bonds is 7. The Balaban J connectivity index is 2.86. The standard InChI is InChI=1S/C10H18N4O2S2/c1-3-17-7-8(2)14-18(15,16)10-9(13-11)5-4-6-12-10/h4-6,8,13-14H,3,7,11H2,1-2H3. The highest BCUT2D eigenvalue weighted by Crippen LogP contribution is 2.17. The van der Waals surface area contributed by atoms with Gasteiger partial charge in [-0.05, 0) is 24.8 Å². The van der Waals surface area contributed by atoms with Crippen molar-refractivity contribution in [1.29, 1.82) is 0 Å². The summed E-state index contributed by atoms with van der Waals surface area (Å²) in [4.78, 5) is 3.85. The summed E-state index contributed by atoms with van der Waals surface area (Å²) < 4.78 is 26.8. The molecule has 0 aromatic carbocycles. The van der Waals surface area contributed by atoms with Crippen LogP contribution in [0.25, 0.3) is 0 Å². The van der Waals surface area contributed by atoms with Crippen LogP contribution in [0.15, 0.2) is 23.4 Å². The first kappa shape index (κ1) is 15.2. The molecule has 0 saturated carbocycles. The SMILES string of the molecule is CCSCC(C)NS(=O)(=O)c1ncccc1NN. The van der Waals surface area contributed by atoms with E-state index in [-0.39, 0.29) is 16.8 Å². The normalized spacial score (nSPS) is 13.3. The minimum absolute atomic E-state index is 0.0825. The fourth-order valence-electron chi connectivity index (χ4n) is 1.36. The van der Waals surface area contributed by atoms with Crippen LogP contribution in [-0.4, -0.2) is 30.9 Å². The van der Waals surface area contributed by atoms with Gasteiger partial charge in [-0.25, -0.2) is 18.1 Å². The maximum absolute atomic E-state index is 12.1. The summed E-state index contributed by atoms with van der Waals surface area (Å²) in [5.41, 5.74) is 2.61. The lowest BCUT2D eigenvalue weighted by atomic mass is 10.4. The first-order chi connectivity index (χ1) is 8.51. The first-order valence-electron chi connectivity index (χ1n) is 5.53. The maximum Gasteiger partial charge on any atom is 0.260 e. The fourth-order valence-corrected chi connectivity index (χ4v) is 3.48. The number of nitrogen functional groups attached to an aromatic ring is 1. The molecule has 8 heteroatoms. The number of nitrogens with two attached hydrogens (primary N) is 1. The number of anilines is 1. The largest absolute Gasteiger partial charge is 0.321 e. The van der Waals surface area contributed by atoms with E-state index in [1.54, 1.807) is 23.9 Å². The third kappa shape index (κ3) is 4.13. The van der Waals surface area contributed by atoms with E-state index in [9.17, 15) is 8.42 Å². The van der Waals surface area contributed by atoms with Crippen LogP contribution >= 0.6 is 11.8 Å². The van der Waals surface area contributed by atoms with E-state index < -0.39 is 10.0 Å². The van der Waals surface area contributed by atoms with Gasteiger partial charge in [0.1, 0.15) is 0 Å². The van der Waals surface area contributed by atoms with Crippen LogP contribution in [0.3, 0.4) is 0 Å². The van der Waals surface area contributed by atoms with Gasteiger partial charge >= 0.3 is 0 Å². The van der Waals surface area contributed by atoms with E-state index in [4.69, 9.17) is 5.84 Å². The number of sulfonamides is 1. The molecule has 0 fully saturated rings. The minimum Gasteiger partial charge on any atom is -0.321 e. The van der Waals surface area contributed by atoms with Gasteiger partial charge in [0, 0.05) is 18.0 Å². The van der Waals surface area contributed by atoms with E-state index in [1.165, 1.54) is 6.20 Å². The Morgan fingerprint density at radius 1 is 1.56 bits per heavy atom. The number of nitrogens with one attached hydrogen (secondary N) is 2. The summed E-state index contributed by atoms with van der Waals surface area (Å²) >= 11 is 1.67. The van der Waals surface area contributed by atoms with Crippen LogP contribution in [0.5, 0.6) is 0 Å². The van der Waals surface area contributed by atoms with Crippen molar-refractivity contribution in [1.82, 2.24) is 9.71 Å². The number of hydrogen-bond acceptors (Lipinski definition) is 6. The molecule has 0 radical (unpaired) electrons.